The topological polar surface area (TPSA) is 86.6 Å². The van der Waals surface area contributed by atoms with Gasteiger partial charge in [0, 0.05) is 19.8 Å². The molecule has 166 valence electrons. The standard InChI is InChI=1S/C12H26O3.C8H18O4/c1-3-5-7-13-9-11-15-12-10-14-8-6-4-2;1-3-11-7(2)8(6-10)12-5-4-9/h3-12H2,1-2H3;7-10H,3-6H2,1-2H3. The lowest BCUT2D eigenvalue weighted by Crippen LogP contribution is -2.33. The molecule has 0 aliphatic carbocycles. The smallest absolute Gasteiger partial charge is 0.106 e. The summed E-state index contributed by atoms with van der Waals surface area (Å²) >= 11 is 0. The van der Waals surface area contributed by atoms with Crippen LogP contribution in [0.25, 0.3) is 0 Å². The molecule has 0 rings (SSSR count). The van der Waals surface area contributed by atoms with Crippen molar-refractivity contribution in [2.24, 2.45) is 0 Å². The van der Waals surface area contributed by atoms with Gasteiger partial charge >= 0.3 is 0 Å². The first-order chi connectivity index (χ1) is 13.2. The third-order valence-electron chi connectivity index (χ3n) is 3.58. The molecule has 0 aromatic rings. The fourth-order valence-electron chi connectivity index (χ4n) is 1.95. The van der Waals surface area contributed by atoms with Gasteiger partial charge in [0.15, 0.2) is 0 Å². The first-order valence-electron chi connectivity index (χ1n) is 10.4. The highest BCUT2D eigenvalue weighted by Crippen LogP contribution is 2.02. The highest BCUT2D eigenvalue weighted by molar-refractivity contribution is 4.64. The molecule has 7 heteroatoms. The summed E-state index contributed by atoms with van der Waals surface area (Å²) in [6.45, 7) is 13.2. The largest absolute Gasteiger partial charge is 0.394 e. The van der Waals surface area contributed by atoms with Gasteiger partial charge in [0.1, 0.15) is 6.10 Å². The zero-order chi connectivity index (χ0) is 20.6. The van der Waals surface area contributed by atoms with Gasteiger partial charge in [-0.05, 0) is 26.7 Å². The predicted octanol–water partition coefficient (Wildman–Crippen LogP) is 2.42. The molecule has 0 aromatic carbocycles. The maximum absolute atomic E-state index is 8.86. The van der Waals surface area contributed by atoms with Crippen LogP contribution >= 0.6 is 0 Å². The van der Waals surface area contributed by atoms with Crippen LogP contribution in [0.3, 0.4) is 0 Å². The van der Waals surface area contributed by atoms with E-state index in [2.05, 4.69) is 13.8 Å². The van der Waals surface area contributed by atoms with Crippen molar-refractivity contribution in [3.05, 3.63) is 0 Å². The lowest BCUT2D eigenvalue weighted by molar-refractivity contribution is -0.0882. The number of hydrogen-bond acceptors (Lipinski definition) is 7. The van der Waals surface area contributed by atoms with Gasteiger partial charge in [-0.2, -0.15) is 0 Å². The van der Waals surface area contributed by atoms with Crippen LogP contribution in [-0.2, 0) is 23.7 Å². The average molecular weight is 397 g/mol. The highest BCUT2D eigenvalue weighted by Gasteiger charge is 2.16. The van der Waals surface area contributed by atoms with Gasteiger partial charge in [-0.3, -0.25) is 0 Å². The van der Waals surface area contributed by atoms with Crippen LogP contribution in [0.1, 0.15) is 53.4 Å². The van der Waals surface area contributed by atoms with E-state index in [-0.39, 0.29) is 32.0 Å². The van der Waals surface area contributed by atoms with Crippen LogP contribution in [0.2, 0.25) is 0 Å². The van der Waals surface area contributed by atoms with Crippen molar-refractivity contribution >= 4 is 0 Å². The van der Waals surface area contributed by atoms with Gasteiger partial charge in [-0.25, -0.2) is 0 Å². The number of unbranched alkanes of at least 4 members (excludes halogenated alkanes) is 2. The highest BCUT2D eigenvalue weighted by atomic mass is 16.6. The van der Waals surface area contributed by atoms with Crippen LogP contribution in [0.4, 0.5) is 0 Å². The molecule has 0 aliphatic heterocycles. The molecule has 2 unspecified atom stereocenters. The molecule has 0 saturated carbocycles. The van der Waals surface area contributed by atoms with E-state index in [4.69, 9.17) is 33.9 Å². The Morgan fingerprint density at radius 2 is 1.15 bits per heavy atom. The molecule has 0 bridgehead atoms. The van der Waals surface area contributed by atoms with Gasteiger partial charge in [0.05, 0.1) is 52.4 Å². The Balaban J connectivity index is 0. The van der Waals surface area contributed by atoms with Crippen molar-refractivity contribution in [3.8, 4) is 0 Å². The zero-order valence-electron chi connectivity index (χ0n) is 18.0. The SMILES string of the molecule is CCCCOCCOCCOCCCC.CCOC(C)C(CO)OCCO. The van der Waals surface area contributed by atoms with Crippen molar-refractivity contribution < 1.29 is 33.9 Å². The first-order valence-corrected chi connectivity index (χ1v) is 10.4. The normalized spacial score (nSPS) is 13.1. The third-order valence-corrected chi connectivity index (χ3v) is 3.58. The molecule has 0 aromatic heterocycles. The monoisotopic (exact) mass is 396 g/mol. The lowest BCUT2D eigenvalue weighted by atomic mass is 10.2. The van der Waals surface area contributed by atoms with E-state index in [1.807, 2.05) is 13.8 Å². The minimum atomic E-state index is -0.336. The van der Waals surface area contributed by atoms with Crippen LogP contribution in [0, 0.1) is 0 Å². The minimum absolute atomic E-state index is 0.0324. The molecule has 0 amide bonds. The summed E-state index contributed by atoms with van der Waals surface area (Å²) in [5.41, 5.74) is 0. The molecular formula is C20H44O7. The van der Waals surface area contributed by atoms with E-state index in [1.54, 1.807) is 0 Å². The Bertz CT molecular complexity index is 242. The quantitative estimate of drug-likeness (QED) is 0.324. The second-order valence-electron chi connectivity index (χ2n) is 6.02. The maximum atomic E-state index is 8.86. The van der Waals surface area contributed by atoms with Crippen molar-refractivity contribution in [2.45, 2.75) is 65.6 Å². The Kier molecular flexibility index (Phi) is 27.6. The molecule has 7 nitrogen and oxygen atoms in total. The van der Waals surface area contributed by atoms with Gasteiger partial charge in [-0.1, -0.05) is 26.7 Å². The molecule has 0 spiro atoms. The summed E-state index contributed by atoms with van der Waals surface area (Å²) in [7, 11) is 0. The van der Waals surface area contributed by atoms with E-state index >= 15 is 0 Å². The van der Waals surface area contributed by atoms with Crippen molar-refractivity contribution in [1.82, 2.24) is 0 Å². The molecule has 0 saturated heterocycles. The molecule has 0 fully saturated rings. The first kappa shape index (κ1) is 28.9. The predicted molar refractivity (Wildman–Crippen MR) is 107 cm³/mol. The van der Waals surface area contributed by atoms with Crippen LogP contribution in [0.15, 0.2) is 0 Å². The molecule has 0 aliphatic rings. The van der Waals surface area contributed by atoms with Gasteiger partial charge in [0.25, 0.3) is 0 Å². The average Bonchev–Trinajstić information content (AvgIpc) is 2.67. The van der Waals surface area contributed by atoms with Gasteiger partial charge in [0.2, 0.25) is 0 Å². The summed E-state index contributed by atoms with van der Waals surface area (Å²) in [6.07, 6.45) is 4.18. The Morgan fingerprint density at radius 1 is 0.667 bits per heavy atom. The lowest BCUT2D eigenvalue weighted by Gasteiger charge is -2.21. The molecule has 2 atom stereocenters. The molecular weight excluding hydrogens is 352 g/mol. The number of ether oxygens (including phenoxy) is 5. The fraction of sp³-hybridized carbons (Fsp3) is 1.00. The summed E-state index contributed by atoms with van der Waals surface area (Å²) in [4.78, 5) is 0. The third kappa shape index (κ3) is 23.7. The molecule has 0 radical (unpaired) electrons. The van der Waals surface area contributed by atoms with E-state index in [1.165, 1.54) is 12.8 Å². The van der Waals surface area contributed by atoms with Crippen molar-refractivity contribution in [3.63, 3.8) is 0 Å². The Hall–Kier alpha value is -0.280. The van der Waals surface area contributed by atoms with E-state index in [9.17, 15) is 0 Å². The van der Waals surface area contributed by atoms with E-state index < -0.39 is 0 Å². The summed E-state index contributed by atoms with van der Waals surface area (Å²) in [5.74, 6) is 0. The van der Waals surface area contributed by atoms with Crippen LogP contribution in [-0.4, -0.2) is 88.5 Å². The Labute approximate surface area is 166 Å². The van der Waals surface area contributed by atoms with Crippen molar-refractivity contribution in [2.75, 3.05) is 66.1 Å². The molecule has 0 heterocycles. The molecule has 2 N–H and O–H groups in total. The maximum Gasteiger partial charge on any atom is 0.106 e. The van der Waals surface area contributed by atoms with E-state index in [0.29, 0.717) is 33.0 Å². The number of rotatable bonds is 19. The minimum Gasteiger partial charge on any atom is -0.394 e. The van der Waals surface area contributed by atoms with Crippen molar-refractivity contribution in [1.29, 1.82) is 0 Å². The Morgan fingerprint density at radius 3 is 1.52 bits per heavy atom. The zero-order valence-corrected chi connectivity index (χ0v) is 18.0. The van der Waals surface area contributed by atoms with Crippen LogP contribution < -0.4 is 0 Å². The molecule has 27 heavy (non-hydrogen) atoms. The van der Waals surface area contributed by atoms with Gasteiger partial charge < -0.3 is 33.9 Å². The fourth-order valence-corrected chi connectivity index (χ4v) is 1.95. The van der Waals surface area contributed by atoms with E-state index in [0.717, 1.165) is 26.1 Å². The summed E-state index contributed by atoms with van der Waals surface area (Å²) in [5, 5.41) is 17.3. The second-order valence-corrected chi connectivity index (χ2v) is 6.02. The van der Waals surface area contributed by atoms with Crippen LogP contribution in [0.5, 0.6) is 0 Å². The summed E-state index contributed by atoms with van der Waals surface area (Å²) < 4.78 is 26.4. The van der Waals surface area contributed by atoms with Gasteiger partial charge in [-0.15, -0.1) is 0 Å². The number of aliphatic hydroxyl groups excluding tert-OH is 2. The summed E-state index contributed by atoms with van der Waals surface area (Å²) in [6, 6.07) is 0. The number of hydrogen-bond donors (Lipinski definition) is 2. The second kappa shape index (κ2) is 25.7. The number of aliphatic hydroxyl groups is 2.